The molecule has 5 N–H and O–H groups in total. The van der Waals surface area contributed by atoms with E-state index in [0.29, 0.717) is 22.4 Å². The highest BCUT2D eigenvalue weighted by Crippen LogP contribution is 2.47. The molecule has 0 spiro atoms. The van der Waals surface area contributed by atoms with E-state index in [1.807, 2.05) is 12.1 Å². The van der Waals surface area contributed by atoms with Crippen molar-refractivity contribution in [2.75, 3.05) is 39.0 Å². The van der Waals surface area contributed by atoms with Crippen LogP contribution in [0.4, 0.5) is 5.69 Å². The number of anilines is 1. The average Bonchev–Trinajstić information content (AvgIpc) is 3.45. The van der Waals surface area contributed by atoms with Gasteiger partial charge >= 0.3 is 0 Å². The van der Waals surface area contributed by atoms with Gasteiger partial charge in [-0.2, -0.15) is 0 Å². The normalized spacial score (nSPS) is 19.2. The minimum Gasteiger partial charge on any atom is -0.398 e. The third kappa shape index (κ3) is 5.04. The fourth-order valence-electron chi connectivity index (χ4n) is 4.01. The van der Waals surface area contributed by atoms with Crippen molar-refractivity contribution in [2.24, 2.45) is 16.1 Å². The fraction of sp³-hybridized carbons (Fsp3) is 0.500. The van der Waals surface area contributed by atoms with Crippen LogP contribution >= 0.6 is 0 Å². The van der Waals surface area contributed by atoms with Crippen molar-refractivity contribution in [3.05, 3.63) is 53.4 Å². The Labute approximate surface area is 180 Å². The van der Waals surface area contributed by atoms with Crippen LogP contribution < -0.4 is 11.5 Å². The Morgan fingerprint density at radius 3 is 2.67 bits per heavy atom. The summed E-state index contributed by atoms with van der Waals surface area (Å²) in [5.74, 6) is 0.773. The van der Waals surface area contributed by atoms with Crippen molar-refractivity contribution in [1.82, 2.24) is 9.80 Å². The van der Waals surface area contributed by atoms with Gasteiger partial charge in [0.1, 0.15) is 5.84 Å². The molecule has 1 heterocycles. The van der Waals surface area contributed by atoms with Crippen LogP contribution in [0.3, 0.4) is 0 Å². The van der Waals surface area contributed by atoms with E-state index in [-0.39, 0.29) is 5.71 Å². The second kappa shape index (κ2) is 8.94. The molecule has 1 aromatic rings. The number of amidine groups is 1. The zero-order valence-corrected chi connectivity index (χ0v) is 18.7. The summed E-state index contributed by atoms with van der Waals surface area (Å²) in [7, 11) is 1.76. The first-order valence-corrected chi connectivity index (χ1v) is 10.9. The van der Waals surface area contributed by atoms with Crippen molar-refractivity contribution >= 4 is 17.2 Å². The van der Waals surface area contributed by atoms with Gasteiger partial charge in [-0.05, 0) is 48.8 Å². The Kier molecular flexibility index (Phi) is 6.54. The van der Waals surface area contributed by atoms with E-state index in [2.05, 4.69) is 41.3 Å². The van der Waals surface area contributed by atoms with E-state index < -0.39 is 0 Å². The zero-order valence-electron chi connectivity index (χ0n) is 18.7. The number of benzene rings is 1. The molecule has 0 unspecified atom stereocenters. The van der Waals surface area contributed by atoms with Crippen LogP contribution in [0.15, 0.2) is 47.2 Å². The van der Waals surface area contributed by atoms with Crippen LogP contribution in [0.1, 0.15) is 44.2 Å². The Morgan fingerprint density at radius 1 is 1.33 bits per heavy atom. The lowest BCUT2D eigenvalue weighted by Gasteiger charge is -2.38. The molecule has 1 aliphatic carbocycles. The summed E-state index contributed by atoms with van der Waals surface area (Å²) in [6.07, 6.45) is 6.44. The van der Waals surface area contributed by atoms with Crippen molar-refractivity contribution in [2.45, 2.75) is 39.5 Å². The van der Waals surface area contributed by atoms with Gasteiger partial charge in [-0.15, -0.1) is 0 Å². The van der Waals surface area contributed by atoms with E-state index in [1.54, 1.807) is 13.1 Å². The molecule has 162 valence electrons. The van der Waals surface area contributed by atoms with Crippen LogP contribution in [-0.2, 0) is 6.42 Å². The molecule has 2 fully saturated rings. The van der Waals surface area contributed by atoms with E-state index in [4.69, 9.17) is 16.9 Å². The molecule has 1 saturated carbocycles. The molecule has 1 aromatic carbocycles. The summed E-state index contributed by atoms with van der Waals surface area (Å²) in [6.45, 7) is 12.2. The quantitative estimate of drug-likeness (QED) is 0.366. The Bertz CT molecular complexity index is 878. The van der Waals surface area contributed by atoms with E-state index in [9.17, 15) is 0 Å². The highest BCUT2D eigenvalue weighted by atomic mass is 15.3. The molecule has 6 heteroatoms. The highest BCUT2D eigenvalue weighted by Gasteiger charge is 2.37. The minimum atomic E-state index is 0.250. The van der Waals surface area contributed by atoms with Crippen LogP contribution in [0, 0.1) is 10.8 Å². The maximum atomic E-state index is 8.66. The number of piperazine rings is 1. The topological polar surface area (TPSA) is 94.7 Å². The summed E-state index contributed by atoms with van der Waals surface area (Å²) >= 11 is 0. The third-order valence-corrected chi connectivity index (χ3v) is 6.20. The van der Waals surface area contributed by atoms with Gasteiger partial charge in [-0.1, -0.05) is 26.5 Å². The SMILES string of the molecule is C=C1CN(C(C=C(N)C(=N)c2cc(CC3(C)CC3)ccc2N)=NC)CCN1CCC. The average molecular weight is 409 g/mol. The number of aliphatic imine (C=N–C) groups is 1. The molecule has 30 heavy (non-hydrogen) atoms. The molecule has 0 atom stereocenters. The van der Waals surface area contributed by atoms with E-state index in [0.717, 1.165) is 50.6 Å². The summed E-state index contributed by atoms with van der Waals surface area (Å²) in [5, 5.41) is 8.66. The second-order valence-corrected chi connectivity index (χ2v) is 8.94. The maximum Gasteiger partial charge on any atom is 0.125 e. The van der Waals surface area contributed by atoms with Gasteiger partial charge in [0, 0.05) is 49.7 Å². The van der Waals surface area contributed by atoms with Crippen LogP contribution in [0.25, 0.3) is 0 Å². The number of nitrogens with zero attached hydrogens (tertiary/aromatic N) is 3. The monoisotopic (exact) mass is 408 g/mol. The van der Waals surface area contributed by atoms with Crippen LogP contribution in [-0.4, -0.2) is 54.6 Å². The second-order valence-electron chi connectivity index (χ2n) is 8.94. The number of hydrogen-bond donors (Lipinski definition) is 3. The number of nitrogen functional groups attached to an aromatic ring is 1. The molecule has 0 amide bonds. The van der Waals surface area contributed by atoms with Gasteiger partial charge in [-0.25, -0.2) is 0 Å². The van der Waals surface area contributed by atoms with Gasteiger partial charge in [-0.3, -0.25) is 10.4 Å². The first kappa shape index (κ1) is 21.9. The first-order valence-electron chi connectivity index (χ1n) is 10.9. The lowest BCUT2D eigenvalue weighted by Crippen LogP contribution is -2.47. The van der Waals surface area contributed by atoms with Gasteiger partial charge in [0.25, 0.3) is 0 Å². The third-order valence-electron chi connectivity index (χ3n) is 6.20. The first-order chi connectivity index (χ1) is 14.3. The van der Waals surface area contributed by atoms with Gasteiger partial charge in [0.2, 0.25) is 0 Å². The van der Waals surface area contributed by atoms with Crippen molar-refractivity contribution in [3.63, 3.8) is 0 Å². The van der Waals surface area contributed by atoms with E-state index >= 15 is 0 Å². The summed E-state index contributed by atoms with van der Waals surface area (Å²) in [6, 6.07) is 5.98. The van der Waals surface area contributed by atoms with E-state index in [1.165, 1.54) is 18.4 Å². The zero-order chi connectivity index (χ0) is 21.9. The summed E-state index contributed by atoms with van der Waals surface area (Å²) < 4.78 is 0. The Hall–Kier alpha value is -2.76. The molecule has 1 aliphatic heterocycles. The standard InChI is InChI=1S/C24H36N6/c1-5-10-29-11-12-30(16-17(29)2)22(28-4)14-21(26)23(27)19-13-18(6-7-20(19)25)15-24(3)8-9-24/h6-7,13-14,27H,2,5,8-12,15-16,25-26H2,1,3-4H3. The summed E-state index contributed by atoms with van der Waals surface area (Å²) in [4.78, 5) is 8.92. The molecule has 3 rings (SSSR count). The molecule has 2 aliphatic rings. The molecule has 1 saturated heterocycles. The van der Waals surface area contributed by atoms with Gasteiger partial charge < -0.3 is 21.3 Å². The molecule has 6 nitrogen and oxygen atoms in total. The molecule has 0 radical (unpaired) electrons. The van der Waals surface area contributed by atoms with Crippen molar-refractivity contribution in [1.29, 1.82) is 5.41 Å². The summed E-state index contributed by atoms with van der Waals surface area (Å²) in [5.41, 5.74) is 17.1. The predicted molar refractivity (Wildman–Crippen MR) is 127 cm³/mol. The Morgan fingerprint density at radius 2 is 2.07 bits per heavy atom. The number of nitrogens with two attached hydrogens (primary N) is 2. The highest BCUT2D eigenvalue weighted by molar-refractivity contribution is 6.15. The van der Waals surface area contributed by atoms with Gasteiger partial charge in [0.05, 0.1) is 18.0 Å². The van der Waals surface area contributed by atoms with Crippen LogP contribution in [0.5, 0.6) is 0 Å². The number of rotatable bonds is 7. The van der Waals surface area contributed by atoms with Gasteiger partial charge in [0.15, 0.2) is 0 Å². The smallest absolute Gasteiger partial charge is 0.125 e. The molecule has 0 bridgehead atoms. The largest absolute Gasteiger partial charge is 0.398 e. The number of nitrogens with one attached hydrogen (secondary N) is 1. The molecular weight excluding hydrogens is 372 g/mol. The Balaban J connectivity index is 1.74. The fourth-order valence-corrected chi connectivity index (χ4v) is 4.01. The lowest BCUT2D eigenvalue weighted by atomic mass is 9.95. The van der Waals surface area contributed by atoms with Crippen molar-refractivity contribution in [3.8, 4) is 0 Å². The molecule has 0 aromatic heterocycles. The van der Waals surface area contributed by atoms with Crippen LogP contribution in [0.2, 0.25) is 0 Å². The lowest BCUT2D eigenvalue weighted by molar-refractivity contribution is 0.238. The predicted octanol–water partition coefficient (Wildman–Crippen LogP) is 3.39. The molecular formula is C24H36N6. The number of hydrogen-bond acceptors (Lipinski definition) is 5. The maximum absolute atomic E-state index is 8.66. The minimum absolute atomic E-state index is 0.250. The van der Waals surface area contributed by atoms with Crippen molar-refractivity contribution < 1.29 is 0 Å². The number of allylic oxidation sites excluding steroid dienone is 1.